The monoisotopic (exact) mass is 422 g/mol. The van der Waals surface area contributed by atoms with Crippen LogP contribution in [0.15, 0.2) is 88.4 Å². The molecule has 136 valence electrons. The van der Waals surface area contributed by atoms with Crippen molar-refractivity contribution < 1.29 is 9.53 Å². The van der Waals surface area contributed by atoms with Gasteiger partial charge in [-0.1, -0.05) is 76.6 Å². The average Bonchev–Trinajstić information content (AvgIpc) is 2.70. The lowest BCUT2D eigenvalue weighted by Crippen LogP contribution is -2.26. The van der Waals surface area contributed by atoms with Crippen LogP contribution in [0.4, 0.5) is 0 Å². The van der Waals surface area contributed by atoms with Gasteiger partial charge in [0.2, 0.25) is 0 Å². The number of amides is 1. The smallest absolute Gasteiger partial charge is 0.252 e. The van der Waals surface area contributed by atoms with E-state index >= 15 is 0 Å². The van der Waals surface area contributed by atoms with Gasteiger partial charge in [-0.3, -0.25) is 4.79 Å². The minimum absolute atomic E-state index is 0.197. The number of hydrazone groups is 1. The van der Waals surface area contributed by atoms with Crippen molar-refractivity contribution in [1.29, 1.82) is 0 Å². The van der Waals surface area contributed by atoms with Gasteiger partial charge in [-0.25, -0.2) is 5.43 Å². The molecule has 1 amide bonds. The first kappa shape index (κ1) is 18.9. The Labute approximate surface area is 167 Å². The Balaban J connectivity index is 1.83. The van der Waals surface area contributed by atoms with Gasteiger partial charge in [-0.2, -0.15) is 5.10 Å². The highest BCUT2D eigenvalue weighted by Crippen LogP contribution is 2.25. The second-order valence-electron chi connectivity index (χ2n) is 5.87. The van der Waals surface area contributed by atoms with Crippen LogP contribution in [0.5, 0.6) is 5.75 Å². The summed E-state index contributed by atoms with van der Waals surface area (Å²) in [5.74, 6) is 0.0467. The highest BCUT2D eigenvalue weighted by atomic mass is 79.9. The summed E-state index contributed by atoms with van der Waals surface area (Å²) in [5.41, 5.74) is 5.25. The lowest BCUT2D eigenvalue weighted by Gasteiger charge is -2.16. The number of nitrogens with zero attached hydrogens (tertiary/aromatic N) is 1. The third-order valence-electron chi connectivity index (χ3n) is 4.10. The van der Waals surface area contributed by atoms with Crippen molar-refractivity contribution in [3.63, 3.8) is 0 Å². The minimum Gasteiger partial charge on any atom is -0.496 e. The van der Waals surface area contributed by atoms with Gasteiger partial charge in [0.25, 0.3) is 5.91 Å². The van der Waals surface area contributed by atoms with E-state index in [2.05, 4.69) is 26.5 Å². The molecule has 0 spiro atoms. The quantitative estimate of drug-likeness (QED) is 0.460. The molecule has 5 heteroatoms. The molecule has 0 saturated heterocycles. The van der Waals surface area contributed by atoms with Crippen LogP contribution in [-0.4, -0.2) is 19.2 Å². The van der Waals surface area contributed by atoms with E-state index in [9.17, 15) is 4.79 Å². The Morgan fingerprint density at radius 3 is 2.15 bits per heavy atom. The summed E-state index contributed by atoms with van der Waals surface area (Å²) in [6.45, 7) is 0. The number of hydrogen-bond donors (Lipinski definition) is 1. The van der Waals surface area contributed by atoms with Gasteiger partial charge in [-0.15, -0.1) is 0 Å². The number of halogens is 1. The van der Waals surface area contributed by atoms with Gasteiger partial charge in [-0.05, 0) is 29.3 Å². The summed E-state index contributed by atoms with van der Waals surface area (Å²) in [7, 11) is 1.60. The van der Waals surface area contributed by atoms with E-state index in [0.717, 1.165) is 21.2 Å². The van der Waals surface area contributed by atoms with Gasteiger partial charge in [0.15, 0.2) is 0 Å². The molecule has 0 atom stereocenters. The standard InChI is InChI=1S/C22H19BrN2O2/c1-27-20-13-12-19(23)14-18(20)15-24-25-22(26)21(16-8-4-2-5-9-16)17-10-6-3-7-11-17/h2-15,21H,1H3,(H,25,26)/b24-15+. The average molecular weight is 423 g/mol. The lowest BCUT2D eigenvalue weighted by atomic mass is 9.91. The van der Waals surface area contributed by atoms with Crippen LogP contribution < -0.4 is 10.2 Å². The molecule has 0 fully saturated rings. The molecule has 0 bridgehead atoms. The number of benzene rings is 3. The molecule has 0 saturated carbocycles. The summed E-state index contributed by atoms with van der Waals surface area (Å²) >= 11 is 3.43. The van der Waals surface area contributed by atoms with E-state index in [1.54, 1.807) is 13.3 Å². The summed E-state index contributed by atoms with van der Waals surface area (Å²) in [4.78, 5) is 12.9. The molecule has 0 heterocycles. The zero-order valence-corrected chi connectivity index (χ0v) is 16.4. The molecular weight excluding hydrogens is 404 g/mol. The summed E-state index contributed by atoms with van der Waals surface area (Å²) in [6, 6.07) is 24.9. The Hall–Kier alpha value is -2.92. The number of hydrogen-bond acceptors (Lipinski definition) is 3. The van der Waals surface area contributed by atoms with Gasteiger partial charge in [0.1, 0.15) is 5.75 Å². The minimum atomic E-state index is -0.436. The fraction of sp³-hybridized carbons (Fsp3) is 0.0909. The number of methoxy groups -OCH3 is 1. The molecule has 0 radical (unpaired) electrons. The highest BCUT2D eigenvalue weighted by molar-refractivity contribution is 9.10. The SMILES string of the molecule is COc1ccc(Br)cc1/C=N/NC(=O)C(c1ccccc1)c1ccccc1. The Bertz CT molecular complexity index is 888. The molecular formula is C22H19BrN2O2. The molecule has 1 N–H and O–H groups in total. The number of carbonyl (C=O) groups is 1. The third kappa shape index (κ3) is 4.83. The topological polar surface area (TPSA) is 50.7 Å². The fourth-order valence-corrected chi connectivity index (χ4v) is 3.20. The van der Waals surface area contributed by atoms with E-state index in [4.69, 9.17) is 4.74 Å². The summed E-state index contributed by atoms with van der Waals surface area (Å²) < 4.78 is 6.22. The van der Waals surface area contributed by atoms with Crippen LogP contribution in [0.3, 0.4) is 0 Å². The van der Waals surface area contributed by atoms with Crippen molar-refractivity contribution in [3.8, 4) is 5.75 Å². The van der Waals surface area contributed by atoms with Crippen molar-refractivity contribution in [3.05, 3.63) is 100 Å². The molecule has 0 aliphatic heterocycles. The molecule has 27 heavy (non-hydrogen) atoms. The maximum atomic E-state index is 12.9. The van der Waals surface area contributed by atoms with Crippen molar-refractivity contribution in [1.82, 2.24) is 5.43 Å². The van der Waals surface area contributed by atoms with Crippen LogP contribution in [0.25, 0.3) is 0 Å². The molecule has 3 aromatic rings. The van der Waals surface area contributed by atoms with Crippen molar-refractivity contribution in [2.24, 2.45) is 5.10 Å². The second-order valence-corrected chi connectivity index (χ2v) is 6.79. The molecule has 0 unspecified atom stereocenters. The van der Waals surface area contributed by atoms with Gasteiger partial charge >= 0.3 is 0 Å². The molecule has 3 aromatic carbocycles. The summed E-state index contributed by atoms with van der Waals surface area (Å²) in [5, 5.41) is 4.14. The van der Waals surface area contributed by atoms with Crippen LogP contribution in [-0.2, 0) is 4.79 Å². The predicted octanol–water partition coefficient (Wildman–Crippen LogP) is 4.74. The molecule has 4 nitrogen and oxygen atoms in total. The number of nitrogens with one attached hydrogen (secondary N) is 1. The number of ether oxygens (including phenoxy) is 1. The molecule has 3 rings (SSSR count). The van der Waals surface area contributed by atoms with E-state index in [1.165, 1.54) is 0 Å². The molecule has 0 aromatic heterocycles. The van der Waals surface area contributed by atoms with Crippen LogP contribution >= 0.6 is 15.9 Å². The fourth-order valence-electron chi connectivity index (χ4n) is 2.82. The lowest BCUT2D eigenvalue weighted by molar-refractivity contribution is -0.121. The van der Waals surface area contributed by atoms with Crippen LogP contribution in [0.2, 0.25) is 0 Å². The third-order valence-corrected chi connectivity index (χ3v) is 4.59. The number of rotatable bonds is 6. The maximum absolute atomic E-state index is 12.9. The predicted molar refractivity (Wildman–Crippen MR) is 111 cm³/mol. The Kier molecular flexibility index (Phi) is 6.39. The van der Waals surface area contributed by atoms with Crippen LogP contribution in [0.1, 0.15) is 22.6 Å². The normalized spacial score (nSPS) is 10.9. The van der Waals surface area contributed by atoms with Gasteiger partial charge in [0.05, 0.1) is 19.2 Å². The first-order valence-electron chi connectivity index (χ1n) is 8.45. The van der Waals surface area contributed by atoms with Gasteiger partial charge in [0, 0.05) is 10.0 Å². The van der Waals surface area contributed by atoms with Crippen molar-refractivity contribution >= 4 is 28.1 Å². The Morgan fingerprint density at radius 1 is 1.00 bits per heavy atom. The van der Waals surface area contributed by atoms with E-state index in [-0.39, 0.29) is 5.91 Å². The highest BCUT2D eigenvalue weighted by Gasteiger charge is 2.22. The summed E-state index contributed by atoms with van der Waals surface area (Å²) in [6.07, 6.45) is 1.58. The zero-order chi connectivity index (χ0) is 19.1. The van der Waals surface area contributed by atoms with Crippen LogP contribution in [0, 0.1) is 0 Å². The largest absolute Gasteiger partial charge is 0.496 e. The number of carbonyl (C=O) groups excluding carboxylic acids is 1. The maximum Gasteiger partial charge on any atom is 0.252 e. The Morgan fingerprint density at radius 2 is 1.59 bits per heavy atom. The molecule has 0 aliphatic carbocycles. The van der Waals surface area contributed by atoms with E-state index < -0.39 is 5.92 Å². The molecule has 0 aliphatic rings. The van der Waals surface area contributed by atoms with Gasteiger partial charge < -0.3 is 4.74 Å². The van der Waals surface area contributed by atoms with Crippen molar-refractivity contribution in [2.75, 3.05) is 7.11 Å². The zero-order valence-electron chi connectivity index (χ0n) is 14.8. The van der Waals surface area contributed by atoms with E-state index in [0.29, 0.717) is 5.75 Å². The van der Waals surface area contributed by atoms with Crippen molar-refractivity contribution in [2.45, 2.75) is 5.92 Å². The first-order chi connectivity index (χ1) is 13.2. The first-order valence-corrected chi connectivity index (χ1v) is 9.24. The van der Waals surface area contributed by atoms with E-state index in [1.807, 2.05) is 78.9 Å². The second kappa shape index (κ2) is 9.14.